The number of hydrogen-bond donors (Lipinski definition) is 0. The van der Waals surface area contributed by atoms with Crippen LogP contribution in [0.15, 0.2) is 340 Å². The Morgan fingerprint density at radius 2 is 0.489 bits per heavy atom. The normalized spacial score (nSPS) is 13.4. The Morgan fingerprint density at radius 3 is 0.898 bits per heavy atom. The van der Waals surface area contributed by atoms with Gasteiger partial charge in [0, 0.05) is 32.9 Å². The SMILES string of the molecule is c1ccc(C2(c3ccc(N(c4ccc(C5(c6ccccc6)c6ccccc6-c6ccccc65)cc4)c4ccc5ccc6c(N(c7cccc8ccccc78)c7cccc8ccccc78)ccc7ccc4c5c76)cc3)c3ccccc3-c3ccccc32)cc1. The molecule has 0 amide bonds. The number of nitrogens with zero attached hydrogens (tertiary/aromatic N) is 2. The van der Waals surface area contributed by atoms with Crippen LogP contribution in [-0.2, 0) is 10.8 Å². The van der Waals surface area contributed by atoms with E-state index in [1.54, 1.807) is 0 Å². The van der Waals surface area contributed by atoms with Crippen molar-refractivity contribution in [1.82, 2.24) is 0 Å². The Balaban J connectivity index is 0.869. The zero-order valence-corrected chi connectivity index (χ0v) is 48.2. The molecule has 0 aliphatic heterocycles. The van der Waals surface area contributed by atoms with Crippen LogP contribution in [0.1, 0.15) is 44.5 Å². The van der Waals surface area contributed by atoms with Gasteiger partial charge in [-0.2, -0.15) is 0 Å². The second-order valence-corrected chi connectivity index (χ2v) is 23.8. The van der Waals surface area contributed by atoms with E-state index in [1.165, 1.54) is 121 Å². The maximum absolute atomic E-state index is 2.51. The topological polar surface area (TPSA) is 6.48 Å². The van der Waals surface area contributed by atoms with E-state index < -0.39 is 10.8 Å². The minimum absolute atomic E-state index is 0.532. The first-order valence-electron chi connectivity index (χ1n) is 30.7. The van der Waals surface area contributed by atoms with E-state index in [1.807, 2.05) is 0 Å². The molecule has 16 aromatic rings. The fourth-order valence-electron chi connectivity index (χ4n) is 15.9. The summed E-state index contributed by atoms with van der Waals surface area (Å²) in [7, 11) is 0. The molecule has 16 aromatic carbocycles. The lowest BCUT2D eigenvalue weighted by molar-refractivity contribution is 0.768. The van der Waals surface area contributed by atoms with Crippen molar-refractivity contribution in [3.05, 3.63) is 384 Å². The van der Waals surface area contributed by atoms with Crippen LogP contribution in [-0.4, -0.2) is 0 Å². The van der Waals surface area contributed by atoms with Crippen LogP contribution < -0.4 is 9.80 Å². The zero-order chi connectivity index (χ0) is 57.9. The molecule has 18 rings (SSSR count). The third-order valence-electron chi connectivity index (χ3n) is 19.6. The fourth-order valence-corrected chi connectivity index (χ4v) is 15.9. The summed E-state index contributed by atoms with van der Waals surface area (Å²) in [4.78, 5) is 5.02. The molecule has 0 fully saturated rings. The van der Waals surface area contributed by atoms with Gasteiger partial charge in [0.2, 0.25) is 0 Å². The molecule has 2 aliphatic rings. The maximum atomic E-state index is 2.51. The minimum Gasteiger partial charge on any atom is -0.310 e. The molecular formula is C86H56N2. The molecule has 0 spiro atoms. The fraction of sp³-hybridized carbons (Fsp3) is 0.0233. The lowest BCUT2D eigenvalue weighted by atomic mass is 9.67. The average Bonchev–Trinajstić information content (AvgIpc) is 1.45. The van der Waals surface area contributed by atoms with Gasteiger partial charge < -0.3 is 9.80 Å². The van der Waals surface area contributed by atoms with E-state index in [0.29, 0.717) is 0 Å². The van der Waals surface area contributed by atoms with Gasteiger partial charge in [-0.05, 0) is 148 Å². The van der Waals surface area contributed by atoms with E-state index in [0.717, 1.165) is 34.1 Å². The second kappa shape index (κ2) is 19.6. The highest BCUT2D eigenvalue weighted by Gasteiger charge is 2.47. The lowest BCUT2D eigenvalue weighted by Crippen LogP contribution is -2.28. The molecule has 2 aliphatic carbocycles. The largest absolute Gasteiger partial charge is 0.310 e. The van der Waals surface area contributed by atoms with Crippen molar-refractivity contribution in [3.8, 4) is 22.3 Å². The third kappa shape index (κ3) is 7.12. The molecule has 2 heteroatoms. The summed E-state index contributed by atoms with van der Waals surface area (Å²) in [6, 6.07) is 127. The molecule has 0 bridgehead atoms. The van der Waals surface area contributed by atoms with Crippen molar-refractivity contribution in [2.75, 3.05) is 9.80 Å². The highest BCUT2D eigenvalue weighted by molar-refractivity contribution is 6.28. The summed E-state index contributed by atoms with van der Waals surface area (Å²) < 4.78 is 0. The zero-order valence-electron chi connectivity index (χ0n) is 48.2. The first kappa shape index (κ1) is 50.0. The molecular weight excluding hydrogens is 1060 g/mol. The summed E-state index contributed by atoms with van der Waals surface area (Å²) in [5.74, 6) is 0. The number of benzene rings is 16. The van der Waals surface area contributed by atoms with Gasteiger partial charge in [-0.1, -0.05) is 291 Å². The van der Waals surface area contributed by atoms with E-state index in [4.69, 9.17) is 0 Å². The van der Waals surface area contributed by atoms with Gasteiger partial charge in [0.1, 0.15) is 0 Å². The number of anilines is 6. The Kier molecular flexibility index (Phi) is 11.2. The van der Waals surface area contributed by atoms with Gasteiger partial charge in [0.25, 0.3) is 0 Å². The maximum Gasteiger partial charge on any atom is 0.0713 e. The van der Waals surface area contributed by atoms with Crippen LogP contribution in [0.25, 0.3) is 76.1 Å². The smallest absolute Gasteiger partial charge is 0.0713 e. The highest BCUT2D eigenvalue weighted by atomic mass is 15.2. The Hall–Kier alpha value is -11.3. The molecule has 0 aromatic heterocycles. The summed E-state index contributed by atoms with van der Waals surface area (Å²) in [6.45, 7) is 0. The van der Waals surface area contributed by atoms with Gasteiger partial charge in [-0.15, -0.1) is 0 Å². The first-order valence-corrected chi connectivity index (χ1v) is 30.7. The standard InChI is InChI=1S/C86H56N2/c1-3-25-61(26-4-1)85(75-35-15-11-31-69(75)70-32-12-16-36-76(70)85)63-45-49-65(50-46-63)87(66-51-47-64(48-52-66)86(62-27-5-2-6-28-62)77-37-17-13-33-71(77)72-34-14-18-38-78(72)86)81-55-43-59-42-54-74-82(56-44-60-41-53-73(81)83(59)84(60)74)88(79-39-19-23-57-21-7-9-29-67(57)79)80-40-20-24-58-22-8-10-30-68(58)80/h1-56H. The molecule has 0 unspecified atom stereocenters. The van der Waals surface area contributed by atoms with Gasteiger partial charge >= 0.3 is 0 Å². The Bertz CT molecular complexity index is 5030. The Morgan fingerprint density at radius 1 is 0.182 bits per heavy atom. The molecule has 0 saturated heterocycles. The van der Waals surface area contributed by atoms with Crippen molar-refractivity contribution in [2.45, 2.75) is 10.8 Å². The van der Waals surface area contributed by atoms with Crippen LogP contribution in [0.2, 0.25) is 0 Å². The van der Waals surface area contributed by atoms with Gasteiger partial charge in [0.05, 0.1) is 33.6 Å². The molecule has 0 radical (unpaired) electrons. The monoisotopic (exact) mass is 1120 g/mol. The second-order valence-electron chi connectivity index (χ2n) is 23.8. The summed E-state index contributed by atoms with van der Waals surface area (Å²) in [5, 5.41) is 12.1. The van der Waals surface area contributed by atoms with Crippen LogP contribution in [0.3, 0.4) is 0 Å². The Labute approximate surface area is 512 Å². The van der Waals surface area contributed by atoms with E-state index in [2.05, 4.69) is 350 Å². The molecule has 0 atom stereocenters. The number of hydrogen-bond acceptors (Lipinski definition) is 2. The van der Waals surface area contributed by atoms with Gasteiger partial charge in [-0.25, -0.2) is 0 Å². The lowest BCUT2D eigenvalue weighted by Gasteiger charge is -2.35. The predicted octanol–water partition coefficient (Wildman–Crippen LogP) is 22.6. The van der Waals surface area contributed by atoms with Crippen LogP contribution in [0, 0.1) is 0 Å². The molecule has 0 N–H and O–H groups in total. The van der Waals surface area contributed by atoms with Crippen molar-refractivity contribution >= 4 is 88.0 Å². The molecule has 0 saturated carbocycles. The third-order valence-corrected chi connectivity index (χ3v) is 19.6. The summed E-state index contributed by atoms with van der Waals surface area (Å²) in [6.07, 6.45) is 0. The van der Waals surface area contributed by atoms with E-state index in [-0.39, 0.29) is 0 Å². The first-order chi connectivity index (χ1) is 43.7. The number of fused-ring (bicyclic) bond motifs is 8. The van der Waals surface area contributed by atoms with Crippen LogP contribution in [0.5, 0.6) is 0 Å². The molecule has 410 valence electrons. The molecule has 88 heavy (non-hydrogen) atoms. The average molecular weight is 1120 g/mol. The summed E-state index contributed by atoms with van der Waals surface area (Å²) >= 11 is 0. The van der Waals surface area contributed by atoms with Crippen molar-refractivity contribution in [3.63, 3.8) is 0 Å². The van der Waals surface area contributed by atoms with E-state index in [9.17, 15) is 0 Å². The van der Waals surface area contributed by atoms with Crippen LogP contribution in [0.4, 0.5) is 34.1 Å². The molecule has 2 nitrogen and oxygen atoms in total. The van der Waals surface area contributed by atoms with Gasteiger partial charge in [-0.3, -0.25) is 0 Å². The highest BCUT2D eigenvalue weighted by Crippen LogP contribution is 2.59. The van der Waals surface area contributed by atoms with E-state index >= 15 is 0 Å². The van der Waals surface area contributed by atoms with Gasteiger partial charge in [0.15, 0.2) is 0 Å². The van der Waals surface area contributed by atoms with Crippen molar-refractivity contribution < 1.29 is 0 Å². The van der Waals surface area contributed by atoms with Crippen molar-refractivity contribution in [2.24, 2.45) is 0 Å². The predicted molar refractivity (Wildman–Crippen MR) is 369 cm³/mol. The van der Waals surface area contributed by atoms with Crippen molar-refractivity contribution in [1.29, 1.82) is 0 Å². The summed E-state index contributed by atoms with van der Waals surface area (Å²) in [5.41, 5.74) is 20.9. The minimum atomic E-state index is -0.532. The molecule has 0 heterocycles. The quantitative estimate of drug-likeness (QED) is 0.126. The van der Waals surface area contributed by atoms with Crippen LogP contribution >= 0.6 is 0 Å². The number of rotatable bonds is 10.